The summed E-state index contributed by atoms with van der Waals surface area (Å²) in [6, 6.07) is 0.571. The van der Waals surface area contributed by atoms with Crippen LogP contribution in [0.1, 0.15) is 61.8 Å². The fourth-order valence-corrected chi connectivity index (χ4v) is 3.46. The minimum atomic E-state index is 0.213. The molecule has 128 valence electrons. The van der Waals surface area contributed by atoms with Gasteiger partial charge in [0, 0.05) is 34.2 Å². The smallest absolute Gasteiger partial charge is 0.0225 e. The van der Waals surface area contributed by atoms with Gasteiger partial charge in [-0.3, -0.25) is 0 Å². The van der Waals surface area contributed by atoms with Crippen molar-refractivity contribution < 1.29 is 0 Å². The Morgan fingerprint density at radius 2 is 1.57 bits per heavy atom. The molecule has 0 heterocycles. The molecule has 0 fully saturated rings. The second kappa shape index (κ2) is 9.05. The first-order valence-electron chi connectivity index (χ1n) is 8.02. The molecule has 4 heteroatoms. The Hall–Kier alpha value is 0.620. The van der Waals surface area contributed by atoms with Crippen LogP contribution in [0.2, 0.25) is 0 Å². The van der Waals surface area contributed by atoms with Crippen molar-refractivity contribution in [3.8, 4) is 0 Å². The van der Waals surface area contributed by atoms with Gasteiger partial charge in [-0.15, -0.1) is 0 Å². The summed E-state index contributed by atoms with van der Waals surface area (Å²) in [5.41, 5.74) is 0.435. The molecule has 0 aliphatic heterocycles. The molecule has 21 heavy (non-hydrogen) atoms. The van der Waals surface area contributed by atoms with E-state index in [4.69, 9.17) is 0 Å². The highest BCUT2D eigenvalue weighted by atomic mass is 32.2. The summed E-state index contributed by atoms with van der Waals surface area (Å²) in [5, 5.41) is 7.36. The van der Waals surface area contributed by atoms with Crippen LogP contribution >= 0.6 is 23.5 Å². The molecular formula is C17H38N2S2. The van der Waals surface area contributed by atoms with Crippen LogP contribution in [0.4, 0.5) is 0 Å². The van der Waals surface area contributed by atoms with Crippen molar-refractivity contribution in [3.63, 3.8) is 0 Å². The van der Waals surface area contributed by atoms with Crippen molar-refractivity contribution in [1.29, 1.82) is 0 Å². The lowest BCUT2D eigenvalue weighted by Crippen LogP contribution is -2.46. The predicted octanol–water partition coefficient (Wildman–Crippen LogP) is 4.40. The van der Waals surface area contributed by atoms with Gasteiger partial charge in [0.05, 0.1) is 0 Å². The van der Waals surface area contributed by atoms with Crippen LogP contribution < -0.4 is 10.6 Å². The Kier molecular flexibility index (Phi) is 9.31. The molecule has 0 aliphatic rings. The van der Waals surface area contributed by atoms with Crippen molar-refractivity contribution in [2.24, 2.45) is 0 Å². The standard InChI is InChI=1S/C17H38N2S2/c1-14(19-15(2,3)4)12-21-11-10-16(5,6)18-13-17(7,8)20-9/h14,18-19H,10-13H2,1-9H3/t14-/m0/s1. The lowest BCUT2D eigenvalue weighted by Gasteiger charge is -2.32. The first-order chi connectivity index (χ1) is 9.37. The van der Waals surface area contributed by atoms with Crippen molar-refractivity contribution in [3.05, 3.63) is 0 Å². The van der Waals surface area contributed by atoms with E-state index < -0.39 is 0 Å². The van der Waals surface area contributed by atoms with Crippen LogP contribution in [0.5, 0.6) is 0 Å². The first-order valence-corrected chi connectivity index (χ1v) is 10.4. The summed E-state index contributed by atoms with van der Waals surface area (Å²) in [7, 11) is 0. The zero-order valence-corrected chi connectivity index (χ0v) is 17.4. The second-order valence-electron chi connectivity index (χ2n) is 8.32. The van der Waals surface area contributed by atoms with Gasteiger partial charge in [-0.25, -0.2) is 0 Å². The Morgan fingerprint density at radius 1 is 1.00 bits per heavy atom. The molecule has 2 N–H and O–H groups in total. The third-order valence-electron chi connectivity index (χ3n) is 3.46. The topological polar surface area (TPSA) is 24.1 Å². The largest absolute Gasteiger partial charge is 0.310 e. The average Bonchev–Trinajstić information content (AvgIpc) is 2.31. The number of rotatable bonds is 10. The molecule has 0 saturated heterocycles. The van der Waals surface area contributed by atoms with E-state index in [2.05, 4.69) is 84.0 Å². The minimum Gasteiger partial charge on any atom is -0.310 e. The van der Waals surface area contributed by atoms with Gasteiger partial charge in [0.15, 0.2) is 0 Å². The highest BCUT2D eigenvalue weighted by Crippen LogP contribution is 2.22. The van der Waals surface area contributed by atoms with Gasteiger partial charge in [0.25, 0.3) is 0 Å². The van der Waals surface area contributed by atoms with Gasteiger partial charge in [-0.1, -0.05) is 0 Å². The third kappa shape index (κ3) is 12.8. The summed E-state index contributed by atoms with van der Waals surface area (Å²) in [4.78, 5) is 0. The van der Waals surface area contributed by atoms with E-state index in [1.54, 1.807) is 0 Å². The van der Waals surface area contributed by atoms with Crippen LogP contribution in [0, 0.1) is 0 Å². The summed E-state index contributed by atoms with van der Waals surface area (Å²) < 4.78 is 0.315. The molecule has 0 aromatic carbocycles. The van der Waals surface area contributed by atoms with Crippen LogP contribution in [0.25, 0.3) is 0 Å². The number of nitrogens with one attached hydrogen (secondary N) is 2. The van der Waals surface area contributed by atoms with Crippen LogP contribution in [0.3, 0.4) is 0 Å². The summed E-state index contributed by atoms with van der Waals surface area (Å²) in [6.07, 6.45) is 3.40. The molecule has 0 saturated carbocycles. The van der Waals surface area contributed by atoms with E-state index >= 15 is 0 Å². The molecule has 0 rings (SSSR count). The normalized spacial score (nSPS) is 15.3. The van der Waals surface area contributed by atoms with E-state index in [1.165, 1.54) is 17.9 Å². The predicted molar refractivity (Wildman–Crippen MR) is 104 cm³/mol. The molecule has 0 bridgehead atoms. The molecule has 2 nitrogen and oxygen atoms in total. The SMILES string of the molecule is CSC(C)(C)CNC(C)(C)CCSC[C@H](C)NC(C)(C)C. The van der Waals surface area contributed by atoms with Crippen LogP contribution in [-0.2, 0) is 0 Å². The van der Waals surface area contributed by atoms with Crippen molar-refractivity contribution >= 4 is 23.5 Å². The summed E-state index contributed by atoms with van der Waals surface area (Å²) >= 11 is 3.99. The van der Waals surface area contributed by atoms with E-state index in [9.17, 15) is 0 Å². The van der Waals surface area contributed by atoms with Crippen LogP contribution in [-0.4, -0.2) is 46.2 Å². The summed E-state index contributed by atoms with van der Waals surface area (Å²) in [5.74, 6) is 2.40. The van der Waals surface area contributed by atoms with E-state index in [-0.39, 0.29) is 11.1 Å². The third-order valence-corrected chi connectivity index (χ3v) is 5.94. The molecule has 0 aromatic rings. The molecule has 0 aliphatic carbocycles. The zero-order valence-electron chi connectivity index (χ0n) is 15.7. The number of hydrogen-bond acceptors (Lipinski definition) is 4. The van der Waals surface area contributed by atoms with Gasteiger partial charge in [0.1, 0.15) is 0 Å². The van der Waals surface area contributed by atoms with Gasteiger partial charge in [0.2, 0.25) is 0 Å². The lowest BCUT2D eigenvalue weighted by molar-refractivity contribution is 0.365. The monoisotopic (exact) mass is 334 g/mol. The Morgan fingerprint density at radius 3 is 2.05 bits per heavy atom. The molecule has 1 atom stereocenters. The van der Waals surface area contributed by atoms with E-state index in [1.807, 2.05) is 11.8 Å². The summed E-state index contributed by atoms with van der Waals surface area (Å²) in [6.45, 7) is 19.3. The van der Waals surface area contributed by atoms with E-state index in [0.29, 0.717) is 10.8 Å². The first kappa shape index (κ1) is 21.6. The number of hydrogen-bond donors (Lipinski definition) is 2. The van der Waals surface area contributed by atoms with Crippen molar-refractivity contribution in [2.45, 2.75) is 83.7 Å². The average molecular weight is 335 g/mol. The molecule has 0 aromatic heterocycles. The molecule has 0 amide bonds. The highest BCUT2D eigenvalue weighted by Gasteiger charge is 2.22. The maximum Gasteiger partial charge on any atom is 0.0225 e. The maximum atomic E-state index is 3.73. The molecule has 0 spiro atoms. The highest BCUT2D eigenvalue weighted by molar-refractivity contribution is 8.00. The van der Waals surface area contributed by atoms with Crippen molar-refractivity contribution in [1.82, 2.24) is 10.6 Å². The van der Waals surface area contributed by atoms with Gasteiger partial charge < -0.3 is 10.6 Å². The molecule has 0 unspecified atom stereocenters. The fraction of sp³-hybridized carbons (Fsp3) is 1.00. The Balaban J connectivity index is 3.89. The minimum absolute atomic E-state index is 0.213. The second-order valence-corrected chi connectivity index (χ2v) is 11.0. The lowest BCUT2D eigenvalue weighted by atomic mass is 10.0. The molecule has 0 radical (unpaired) electrons. The van der Waals surface area contributed by atoms with Gasteiger partial charge >= 0.3 is 0 Å². The maximum absolute atomic E-state index is 3.73. The van der Waals surface area contributed by atoms with Crippen molar-refractivity contribution in [2.75, 3.05) is 24.3 Å². The number of thioether (sulfide) groups is 2. The van der Waals surface area contributed by atoms with Gasteiger partial charge in [-0.2, -0.15) is 23.5 Å². The fourth-order valence-electron chi connectivity index (χ4n) is 1.98. The van der Waals surface area contributed by atoms with Crippen LogP contribution in [0.15, 0.2) is 0 Å². The quantitative estimate of drug-likeness (QED) is 0.578. The Bertz CT molecular complexity index is 283. The zero-order chi connectivity index (χ0) is 16.7. The van der Waals surface area contributed by atoms with Gasteiger partial charge in [-0.05, 0) is 73.8 Å². The Labute approximate surface area is 142 Å². The molecular weight excluding hydrogens is 296 g/mol. The van der Waals surface area contributed by atoms with E-state index in [0.717, 1.165) is 6.54 Å².